The van der Waals surface area contributed by atoms with Crippen LogP contribution in [0.4, 0.5) is 23.2 Å². The van der Waals surface area contributed by atoms with Crippen molar-refractivity contribution in [3.05, 3.63) is 75.2 Å². The van der Waals surface area contributed by atoms with Crippen molar-refractivity contribution < 1.29 is 32.3 Å². The second-order valence-electron chi connectivity index (χ2n) is 6.78. The fourth-order valence-corrected chi connectivity index (χ4v) is 4.75. The van der Waals surface area contributed by atoms with Crippen LogP contribution in [0.3, 0.4) is 0 Å². The number of rotatable bonds is 3. The number of thiophene rings is 1. The van der Waals surface area contributed by atoms with Gasteiger partial charge in [0.2, 0.25) is 5.91 Å². The summed E-state index contributed by atoms with van der Waals surface area (Å²) in [6, 6.07) is 9.67. The van der Waals surface area contributed by atoms with Crippen LogP contribution in [0.2, 0.25) is 0 Å². The highest BCUT2D eigenvalue weighted by atomic mass is 32.1. The van der Waals surface area contributed by atoms with Gasteiger partial charge in [0.05, 0.1) is 11.3 Å². The molecule has 0 saturated heterocycles. The molecule has 3 aromatic rings. The van der Waals surface area contributed by atoms with Crippen LogP contribution in [0.25, 0.3) is 11.1 Å². The van der Waals surface area contributed by atoms with Crippen molar-refractivity contribution in [3.63, 3.8) is 0 Å². The van der Waals surface area contributed by atoms with Gasteiger partial charge < -0.3 is 10.4 Å². The number of halogens is 4. The molecular weight excluding hydrogens is 422 g/mol. The van der Waals surface area contributed by atoms with Crippen molar-refractivity contribution in [3.8, 4) is 11.1 Å². The number of carboxylic acid groups (broad SMARTS) is 1. The lowest BCUT2D eigenvalue weighted by atomic mass is 9.88. The Labute approximate surface area is 171 Å². The lowest BCUT2D eigenvalue weighted by Gasteiger charge is -2.24. The summed E-state index contributed by atoms with van der Waals surface area (Å²) < 4.78 is 51.9. The maximum Gasteiger partial charge on any atom is 0.416 e. The predicted octanol–water partition coefficient (Wildman–Crippen LogP) is 5.75. The Hall–Kier alpha value is -3.20. The van der Waals surface area contributed by atoms with Gasteiger partial charge in [-0.25, -0.2) is 9.18 Å². The molecule has 0 unspecified atom stereocenters. The van der Waals surface area contributed by atoms with Crippen LogP contribution >= 0.6 is 11.3 Å². The first-order valence-corrected chi connectivity index (χ1v) is 9.59. The maximum absolute atomic E-state index is 13.3. The summed E-state index contributed by atoms with van der Waals surface area (Å²) in [5.74, 6) is -2.68. The van der Waals surface area contributed by atoms with Gasteiger partial charge in [0.1, 0.15) is 10.7 Å². The summed E-state index contributed by atoms with van der Waals surface area (Å²) in [6.07, 6.45) is -4.51. The number of carboxylic acids is 1. The smallest absolute Gasteiger partial charge is 0.416 e. The minimum atomic E-state index is -4.48. The Kier molecular flexibility index (Phi) is 4.85. The van der Waals surface area contributed by atoms with E-state index in [1.54, 1.807) is 0 Å². The molecule has 4 nitrogen and oxygen atoms in total. The van der Waals surface area contributed by atoms with Gasteiger partial charge in [-0.1, -0.05) is 24.3 Å². The number of aromatic carboxylic acids is 1. The van der Waals surface area contributed by atoms with E-state index in [0.717, 1.165) is 23.5 Å². The van der Waals surface area contributed by atoms with Crippen molar-refractivity contribution in [2.75, 3.05) is 5.32 Å². The second-order valence-corrected chi connectivity index (χ2v) is 7.83. The molecule has 0 spiro atoms. The SMILES string of the molecule is O=C1C[C@@H](c2ccc(C(F)(F)F)cc2)c2sc(C(=O)O)c(-c3ccc(F)cc3)c2N1. The molecule has 4 rings (SSSR count). The number of carbonyl (C=O) groups is 2. The average molecular weight is 435 g/mol. The van der Waals surface area contributed by atoms with Crippen molar-refractivity contribution in [1.29, 1.82) is 0 Å². The highest BCUT2D eigenvalue weighted by Gasteiger charge is 2.35. The number of benzene rings is 2. The number of alkyl halides is 3. The Bertz CT molecular complexity index is 1130. The van der Waals surface area contributed by atoms with E-state index in [-0.39, 0.29) is 22.8 Å². The summed E-state index contributed by atoms with van der Waals surface area (Å²) in [7, 11) is 0. The molecule has 1 atom stereocenters. The van der Waals surface area contributed by atoms with Crippen molar-refractivity contribution in [2.45, 2.75) is 18.5 Å². The van der Waals surface area contributed by atoms with E-state index in [9.17, 15) is 32.3 Å². The number of nitrogens with one attached hydrogen (secondary N) is 1. The molecule has 1 aliphatic rings. The normalized spacial score (nSPS) is 16.1. The Morgan fingerprint density at radius 3 is 2.27 bits per heavy atom. The number of anilines is 1. The fraction of sp³-hybridized carbons (Fsp3) is 0.143. The Balaban J connectivity index is 1.86. The van der Waals surface area contributed by atoms with Gasteiger partial charge in [0.25, 0.3) is 0 Å². The van der Waals surface area contributed by atoms with Crippen LogP contribution in [0.5, 0.6) is 0 Å². The molecule has 9 heteroatoms. The van der Waals surface area contributed by atoms with Gasteiger partial charge in [0, 0.05) is 22.8 Å². The first-order chi connectivity index (χ1) is 14.1. The molecule has 2 heterocycles. The van der Waals surface area contributed by atoms with E-state index in [1.807, 2.05) is 0 Å². The molecule has 0 aliphatic carbocycles. The number of hydrogen-bond donors (Lipinski definition) is 2. The maximum atomic E-state index is 13.3. The second kappa shape index (κ2) is 7.24. The molecular formula is C21H13F4NO3S. The van der Waals surface area contributed by atoms with E-state index in [4.69, 9.17) is 0 Å². The van der Waals surface area contributed by atoms with Crippen molar-refractivity contribution in [2.24, 2.45) is 0 Å². The molecule has 1 amide bonds. The summed E-state index contributed by atoms with van der Waals surface area (Å²) in [5.41, 5.74) is 0.636. The van der Waals surface area contributed by atoms with Crippen molar-refractivity contribution in [1.82, 2.24) is 0 Å². The van der Waals surface area contributed by atoms with Crippen molar-refractivity contribution >= 4 is 28.9 Å². The molecule has 0 saturated carbocycles. The number of carbonyl (C=O) groups excluding carboxylic acids is 1. The largest absolute Gasteiger partial charge is 0.477 e. The van der Waals surface area contributed by atoms with Crippen LogP contribution in [0, 0.1) is 5.82 Å². The molecule has 0 bridgehead atoms. The van der Waals surface area contributed by atoms with E-state index in [1.165, 1.54) is 36.4 Å². The average Bonchev–Trinajstić information content (AvgIpc) is 3.07. The highest BCUT2D eigenvalue weighted by Crippen LogP contribution is 2.49. The zero-order chi connectivity index (χ0) is 21.6. The molecule has 1 aromatic heterocycles. The van der Waals surface area contributed by atoms with Gasteiger partial charge in [-0.15, -0.1) is 11.3 Å². The summed E-state index contributed by atoms with van der Waals surface area (Å²) in [6.45, 7) is 0. The van der Waals surface area contributed by atoms with Gasteiger partial charge in [-0.2, -0.15) is 13.2 Å². The monoisotopic (exact) mass is 435 g/mol. The van der Waals surface area contributed by atoms with Gasteiger partial charge in [-0.05, 0) is 35.4 Å². The molecule has 2 aromatic carbocycles. The van der Waals surface area contributed by atoms with E-state index in [2.05, 4.69) is 5.32 Å². The third-order valence-electron chi connectivity index (χ3n) is 4.87. The highest BCUT2D eigenvalue weighted by molar-refractivity contribution is 7.15. The third kappa shape index (κ3) is 3.56. The Morgan fingerprint density at radius 1 is 1.07 bits per heavy atom. The molecule has 0 fully saturated rings. The summed E-state index contributed by atoms with van der Waals surface area (Å²) >= 11 is 0.954. The number of fused-ring (bicyclic) bond motifs is 1. The zero-order valence-electron chi connectivity index (χ0n) is 15.1. The molecule has 0 radical (unpaired) electrons. The van der Waals surface area contributed by atoms with Gasteiger partial charge in [0.15, 0.2) is 0 Å². The zero-order valence-corrected chi connectivity index (χ0v) is 15.9. The lowest BCUT2D eigenvalue weighted by molar-refractivity contribution is -0.137. The minimum absolute atomic E-state index is 0.0270. The van der Waals surface area contributed by atoms with Crippen LogP contribution in [-0.4, -0.2) is 17.0 Å². The quantitative estimate of drug-likeness (QED) is 0.515. The standard InChI is InChI=1S/C21H13F4NO3S/c22-13-7-3-11(4-8-13)16-17-18(30-19(16)20(28)29)14(9-15(27)26-17)10-1-5-12(6-2-10)21(23,24)25/h1-8,14H,9H2,(H,26,27)(H,28,29)/t14-/m0/s1. The lowest BCUT2D eigenvalue weighted by Crippen LogP contribution is -2.22. The van der Waals surface area contributed by atoms with Gasteiger partial charge >= 0.3 is 12.1 Å². The van der Waals surface area contributed by atoms with E-state index >= 15 is 0 Å². The summed E-state index contributed by atoms with van der Waals surface area (Å²) in [4.78, 5) is 24.7. The molecule has 30 heavy (non-hydrogen) atoms. The van der Waals surface area contributed by atoms with Crippen LogP contribution in [0.15, 0.2) is 48.5 Å². The number of hydrogen-bond acceptors (Lipinski definition) is 3. The minimum Gasteiger partial charge on any atom is -0.477 e. The van der Waals surface area contributed by atoms with Crippen LogP contribution in [0.1, 0.15) is 38.0 Å². The first-order valence-electron chi connectivity index (χ1n) is 8.78. The third-order valence-corrected chi connectivity index (χ3v) is 6.16. The summed E-state index contributed by atoms with van der Waals surface area (Å²) in [5, 5.41) is 12.4. The fourth-order valence-electron chi connectivity index (χ4n) is 3.50. The van der Waals surface area contributed by atoms with Crippen LogP contribution < -0.4 is 5.32 Å². The van der Waals surface area contributed by atoms with E-state index in [0.29, 0.717) is 21.7 Å². The molecule has 1 aliphatic heterocycles. The number of amides is 1. The predicted molar refractivity (Wildman–Crippen MR) is 103 cm³/mol. The molecule has 2 N–H and O–H groups in total. The Morgan fingerprint density at radius 2 is 1.70 bits per heavy atom. The first kappa shape index (κ1) is 20.1. The molecule has 154 valence electrons. The van der Waals surface area contributed by atoms with E-state index < -0.39 is 29.4 Å². The topological polar surface area (TPSA) is 66.4 Å². The van der Waals surface area contributed by atoms with Crippen LogP contribution in [-0.2, 0) is 11.0 Å². The van der Waals surface area contributed by atoms with Gasteiger partial charge in [-0.3, -0.25) is 4.79 Å².